The maximum absolute atomic E-state index is 5.73. The van der Waals surface area contributed by atoms with Crippen molar-refractivity contribution in [3.05, 3.63) is 24.3 Å². The summed E-state index contributed by atoms with van der Waals surface area (Å²) >= 11 is 0. The Morgan fingerprint density at radius 3 is 2.65 bits per heavy atom. The van der Waals surface area contributed by atoms with E-state index in [4.69, 9.17) is 10.5 Å². The Morgan fingerprint density at radius 1 is 1.15 bits per heavy atom. The number of hydrogen-bond acceptors (Lipinski definition) is 4. The Bertz CT molecular complexity index is 425. The average Bonchev–Trinajstić information content (AvgIpc) is 3.29. The van der Waals surface area contributed by atoms with Crippen molar-refractivity contribution in [1.29, 1.82) is 0 Å². The molecule has 1 aromatic carbocycles. The van der Waals surface area contributed by atoms with E-state index in [1.165, 1.54) is 39.0 Å². The summed E-state index contributed by atoms with van der Waals surface area (Å²) in [6.07, 6.45) is 3.93. The number of benzene rings is 1. The maximum Gasteiger partial charge on any atom is 0.121 e. The molecule has 110 valence electrons. The predicted octanol–water partition coefficient (Wildman–Crippen LogP) is 1.82. The second-order valence-corrected chi connectivity index (χ2v) is 5.88. The quantitative estimate of drug-likeness (QED) is 0.635. The number of nitrogens with two attached hydrogens (primary N) is 1. The molecule has 0 amide bonds. The Balaban J connectivity index is 1.30. The summed E-state index contributed by atoms with van der Waals surface area (Å²) in [5.41, 5.74) is 6.49. The molecule has 1 saturated carbocycles. The molecule has 1 aliphatic heterocycles. The van der Waals surface area contributed by atoms with Gasteiger partial charge in [-0.15, -0.1) is 0 Å². The number of piperazine rings is 1. The van der Waals surface area contributed by atoms with E-state index < -0.39 is 0 Å². The van der Waals surface area contributed by atoms with Gasteiger partial charge in [0.05, 0.1) is 6.61 Å². The van der Waals surface area contributed by atoms with E-state index in [9.17, 15) is 0 Å². The number of anilines is 1. The molecule has 0 atom stereocenters. The van der Waals surface area contributed by atoms with E-state index in [0.29, 0.717) is 0 Å². The zero-order valence-corrected chi connectivity index (χ0v) is 12.1. The molecular weight excluding hydrogens is 250 g/mol. The van der Waals surface area contributed by atoms with Crippen molar-refractivity contribution < 1.29 is 4.74 Å². The summed E-state index contributed by atoms with van der Waals surface area (Å²) < 4.78 is 5.73. The minimum Gasteiger partial charge on any atom is -0.493 e. The van der Waals surface area contributed by atoms with Crippen LogP contribution in [0.3, 0.4) is 0 Å². The lowest BCUT2D eigenvalue weighted by Crippen LogP contribution is -2.47. The highest BCUT2D eigenvalue weighted by Crippen LogP contribution is 2.27. The first-order valence-electron chi connectivity index (χ1n) is 7.76. The molecule has 0 bridgehead atoms. The van der Waals surface area contributed by atoms with E-state index in [-0.39, 0.29) is 0 Å². The molecule has 0 unspecified atom stereocenters. The molecule has 0 spiro atoms. The zero-order chi connectivity index (χ0) is 13.8. The van der Waals surface area contributed by atoms with Crippen LogP contribution in [-0.4, -0.2) is 55.2 Å². The fourth-order valence-corrected chi connectivity index (χ4v) is 2.87. The highest BCUT2D eigenvalue weighted by Gasteiger charge is 2.30. The van der Waals surface area contributed by atoms with Crippen LogP contribution in [0.25, 0.3) is 0 Å². The number of nitrogen functional groups attached to an aromatic ring is 1. The molecular formula is C16H25N3O. The summed E-state index contributed by atoms with van der Waals surface area (Å²) in [5.74, 6) is 0.878. The number of hydrogen-bond donors (Lipinski definition) is 1. The molecule has 1 saturated heterocycles. The SMILES string of the molecule is Nc1cccc(OCCCN2CCN(C3CC3)CC2)c1. The molecule has 3 rings (SSSR count). The van der Waals surface area contributed by atoms with Gasteiger partial charge in [-0.2, -0.15) is 0 Å². The van der Waals surface area contributed by atoms with E-state index in [1.807, 2.05) is 24.3 Å². The van der Waals surface area contributed by atoms with Gasteiger partial charge < -0.3 is 15.4 Å². The molecule has 2 fully saturated rings. The second kappa shape index (κ2) is 6.46. The van der Waals surface area contributed by atoms with Crippen LogP contribution in [0, 0.1) is 0 Å². The second-order valence-electron chi connectivity index (χ2n) is 5.88. The fraction of sp³-hybridized carbons (Fsp3) is 0.625. The minimum atomic E-state index is 0.763. The fourth-order valence-electron chi connectivity index (χ4n) is 2.87. The van der Waals surface area contributed by atoms with E-state index in [1.54, 1.807) is 0 Å². The lowest BCUT2D eigenvalue weighted by Gasteiger charge is -2.34. The molecule has 2 N–H and O–H groups in total. The van der Waals surface area contributed by atoms with Gasteiger partial charge in [-0.25, -0.2) is 0 Å². The topological polar surface area (TPSA) is 41.7 Å². The molecule has 1 aromatic rings. The number of rotatable bonds is 6. The predicted molar refractivity (Wildman–Crippen MR) is 82.0 cm³/mol. The highest BCUT2D eigenvalue weighted by atomic mass is 16.5. The lowest BCUT2D eigenvalue weighted by atomic mass is 10.3. The van der Waals surface area contributed by atoms with Gasteiger partial charge in [0, 0.05) is 50.5 Å². The lowest BCUT2D eigenvalue weighted by molar-refractivity contribution is 0.121. The molecule has 1 heterocycles. The van der Waals surface area contributed by atoms with Crippen LogP contribution in [0.5, 0.6) is 5.75 Å². The molecule has 4 nitrogen and oxygen atoms in total. The minimum absolute atomic E-state index is 0.763. The zero-order valence-electron chi connectivity index (χ0n) is 12.1. The Hall–Kier alpha value is -1.26. The summed E-state index contributed by atoms with van der Waals surface area (Å²) in [6.45, 7) is 6.85. The van der Waals surface area contributed by atoms with Crippen molar-refractivity contribution in [2.24, 2.45) is 0 Å². The van der Waals surface area contributed by atoms with Gasteiger partial charge in [0.2, 0.25) is 0 Å². The van der Waals surface area contributed by atoms with Crippen LogP contribution < -0.4 is 10.5 Å². The van der Waals surface area contributed by atoms with Crippen LogP contribution in [0.2, 0.25) is 0 Å². The van der Waals surface area contributed by atoms with Crippen LogP contribution >= 0.6 is 0 Å². The van der Waals surface area contributed by atoms with Gasteiger partial charge in [0.25, 0.3) is 0 Å². The van der Waals surface area contributed by atoms with Crippen molar-refractivity contribution in [3.63, 3.8) is 0 Å². The highest BCUT2D eigenvalue weighted by molar-refractivity contribution is 5.43. The average molecular weight is 275 g/mol. The third-order valence-corrected chi connectivity index (χ3v) is 4.22. The Kier molecular flexibility index (Phi) is 4.43. The van der Waals surface area contributed by atoms with Gasteiger partial charge in [0.15, 0.2) is 0 Å². The monoisotopic (exact) mass is 275 g/mol. The molecule has 0 aromatic heterocycles. The van der Waals surface area contributed by atoms with Gasteiger partial charge in [-0.05, 0) is 31.4 Å². The first kappa shape index (κ1) is 13.7. The van der Waals surface area contributed by atoms with E-state index >= 15 is 0 Å². The largest absolute Gasteiger partial charge is 0.493 e. The molecule has 20 heavy (non-hydrogen) atoms. The first-order valence-corrected chi connectivity index (χ1v) is 7.76. The molecule has 2 aliphatic rings. The van der Waals surface area contributed by atoms with Crippen molar-refractivity contribution >= 4 is 5.69 Å². The summed E-state index contributed by atoms with van der Waals surface area (Å²) in [7, 11) is 0. The van der Waals surface area contributed by atoms with Crippen LogP contribution in [0.15, 0.2) is 24.3 Å². The Morgan fingerprint density at radius 2 is 1.95 bits per heavy atom. The maximum atomic E-state index is 5.73. The van der Waals surface area contributed by atoms with Crippen molar-refractivity contribution in [2.75, 3.05) is 45.1 Å². The van der Waals surface area contributed by atoms with Gasteiger partial charge in [0.1, 0.15) is 5.75 Å². The number of nitrogens with zero attached hydrogens (tertiary/aromatic N) is 2. The van der Waals surface area contributed by atoms with Gasteiger partial charge in [-0.1, -0.05) is 6.07 Å². The van der Waals surface area contributed by atoms with Gasteiger partial charge >= 0.3 is 0 Å². The smallest absolute Gasteiger partial charge is 0.121 e. The van der Waals surface area contributed by atoms with Gasteiger partial charge in [-0.3, -0.25) is 4.90 Å². The normalized spacial score (nSPS) is 21.0. The molecule has 4 heteroatoms. The molecule has 1 aliphatic carbocycles. The summed E-state index contributed by atoms with van der Waals surface area (Å²) in [6, 6.07) is 8.58. The van der Waals surface area contributed by atoms with E-state index in [0.717, 1.165) is 37.1 Å². The summed E-state index contributed by atoms with van der Waals surface area (Å²) in [4.78, 5) is 5.21. The standard InChI is InChI=1S/C16H25N3O/c17-14-3-1-4-16(13-14)20-12-2-7-18-8-10-19(11-9-18)15-5-6-15/h1,3-4,13,15H,2,5-12,17H2. The number of ether oxygens (including phenoxy) is 1. The third-order valence-electron chi connectivity index (χ3n) is 4.22. The molecule has 0 radical (unpaired) electrons. The van der Waals surface area contributed by atoms with Crippen molar-refractivity contribution in [3.8, 4) is 5.75 Å². The van der Waals surface area contributed by atoms with Crippen LogP contribution in [-0.2, 0) is 0 Å². The van der Waals surface area contributed by atoms with E-state index in [2.05, 4.69) is 9.80 Å². The van der Waals surface area contributed by atoms with Crippen LogP contribution in [0.1, 0.15) is 19.3 Å². The van der Waals surface area contributed by atoms with Crippen molar-refractivity contribution in [1.82, 2.24) is 9.80 Å². The third kappa shape index (κ3) is 3.87. The first-order chi connectivity index (χ1) is 9.81. The summed E-state index contributed by atoms with van der Waals surface area (Å²) in [5, 5.41) is 0. The Labute approximate surface area is 121 Å². The van der Waals surface area contributed by atoms with Crippen molar-refractivity contribution in [2.45, 2.75) is 25.3 Å². The van der Waals surface area contributed by atoms with Crippen LogP contribution in [0.4, 0.5) is 5.69 Å².